The maximum Gasteiger partial charge on any atom is 0.00414 e. The van der Waals surface area contributed by atoms with Gasteiger partial charge in [-0.1, -0.05) is 39.5 Å². The lowest BCUT2D eigenvalue weighted by Gasteiger charge is -2.26. The van der Waals surface area contributed by atoms with Gasteiger partial charge in [0.2, 0.25) is 0 Å². The third-order valence-corrected chi connectivity index (χ3v) is 2.98. The van der Waals surface area contributed by atoms with Crippen molar-refractivity contribution in [3.05, 3.63) is 0 Å². The quantitative estimate of drug-likeness (QED) is 0.690. The molecular weight excluding hydrogens is 146 g/mol. The van der Waals surface area contributed by atoms with Gasteiger partial charge in [-0.05, 0) is 24.7 Å². The van der Waals surface area contributed by atoms with Gasteiger partial charge in [0.05, 0.1) is 0 Å². The Hall–Kier alpha value is -0.0400. The third kappa shape index (κ3) is 3.57. The normalized spacial score (nSPS) is 31.0. The lowest BCUT2D eigenvalue weighted by atomic mass is 9.82. The van der Waals surface area contributed by atoms with Crippen molar-refractivity contribution in [3.8, 4) is 0 Å². The van der Waals surface area contributed by atoms with Crippen LogP contribution in [0, 0.1) is 11.8 Å². The number of nitrogens with two attached hydrogens (primary N) is 1. The van der Waals surface area contributed by atoms with Crippen molar-refractivity contribution in [2.75, 3.05) is 0 Å². The standard InChI is InChI=1S/C11H23N/c1-9(2)6-7-10-4-3-5-11(12)8-10/h9-11H,3-8,12H2,1-2H3. The summed E-state index contributed by atoms with van der Waals surface area (Å²) in [5.41, 5.74) is 5.93. The second kappa shape index (κ2) is 4.86. The van der Waals surface area contributed by atoms with Crippen LogP contribution < -0.4 is 5.73 Å². The molecule has 2 unspecified atom stereocenters. The molecule has 1 aliphatic rings. The van der Waals surface area contributed by atoms with E-state index >= 15 is 0 Å². The fourth-order valence-electron chi connectivity index (χ4n) is 2.16. The molecule has 1 aliphatic carbocycles. The molecule has 12 heavy (non-hydrogen) atoms. The first-order chi connectivity index (χ1) is 5.68. The zero-order chi connectivity index (χ0) is 8.97. The van der Waals surface area contributed by atoms with E-state index in [9.17, 15) is 0 Å². The Kier molecular flexibility index (Phi) is 4.07. The SMILES string of the molecule is CC(C)CCC1CCCC(N)C1. The molecule has 0 spiro atoms. The van der Waals surface area contributed by atoms with Crippen LogP contribution >= 0.6 is 0 Å². The van der Waals surface area contributed by atoms with Gasteiger partial charge in [-0.25, -0.2) is 0 Å². The molecule has 0 heterocycles. The summed E-state index contributed by atoms with van der Waals surface area (Å²) < 4.78 is 0. The summed E-state index contributed by atoms with van der Waals surface area (Å²) in [5, 5.41) is 0. The molecule has 72 valence electrons. The summed E-state index contributed by atoms with van der Waals surface area (Å²) in [6.07, 6.45) is 8.14. The summed E-state index contributed by atoms with van der Waals surface area (Å²) in [5.74, 6) is 1.80. The molecule has 0 amide bonds. The molecule has 0 aromatic heterocycles. The molecule has 2 N–H and O–H groups in total. The summed E-state index contributed by atoms with van der Waals surface area (Å²) in [6, 6.07) is 0.510. The van der Waals surface area contributed by atoms with Crippen LogP contribution in [-0.4, -0.2) is 6.04 Å². The van der Waals surface area contributed by atoms with Crippen LogP contribution in [-0.2, 0) is 0 Å². The lowest BCUT2D eigenvalue weighted by Crippen LogP contribution is -2.27. The van der Waals surface area contributed by atoms with Crippen molar-refractivity contribution in [1.29, 1.82) is 0 Å². The summed E-state index contributed by atoms with van der Waals surface area (Å²) in [7, 11) is 0. The van der Waals surface area contributed by atoms with Crippen molar-refractivity contribution in [2.45, 2.75) is 58.4 Å². The van der Waals surface area contributed by atoms with Crippen LogP contribution in [0.25, 0.3) is 0 Å². The molecular formula is C11H23N. The highest BCUT2D eigenvalue weighted by atomic mass is 14.6. The van der Waals surface area contributed by atoms with Crippen molar-refractivity contribution < 1.29 is 0 Å². The van der Waals surface area contributed by atoms with Gasteiger partial charge in [0.1, 0.15) is 0 Å². The molecule has 1 fully saturated rings. The van der Waals surface area contributed by atoms with Gasteiger partial charge in [-0.3, -0.25) is 0 Å². The molecule has 0 aliphatic heterocycles. The molecule has 2 atom stereocenters. The van der Waals surface area contributed by atoms with Crippen LogP contribution in [0.3, 0.4) is 0 Å². The van der Waals surface area contributed by atoms with Crippen LogP contribution in [0.15, 0.2) is 0 Å². The smallest absolute Gasteiger partial charge is 0.00414 e. The van der Waals surface area contributed by atoms with Crippen molar-refractivity contribution >= 4 is 0 Å². The molecule has 1 saturated carbocycles. The Morgan fingerprint density at radius 2 is 2.08 bits per heavy atom. The van der Waals surface area contributed by atoms with Gasteiger partial charge in [-0.15, -0.1) is 0 Å². The predicted molar refractivity (Wildman–Crippen MR) is 54.0 cm³/mol. The van der Waals surface area contributed by atoms with Crippen LogP contribution in [0.2, 0.25) is 0 Å². The van der Waals surface area contributed by atoms with Gasteiger partial charge >= 0.3 is 0 Å². The number of hydrogen-bond acceptors (Lipinski definition) is 1. The molecule has 1 rings (SSSR count). The zero-order valence-corrected chi connectivity index (χ0v) is 8.55. The van der Waals surface area contributed by atoms with Gasteiger partial charge < -0.3 is 5.73 Å². The van der Waals surface area contributed by atoms with Gasteiger partial charge in [0.15, 0.2) is 0 Å². The fourth-order valence-corrected chi connectivity index (χ4v) is 2.16. The van der Waals surface area contributed by atoms with E-state index < -0.39 is 0 Å². The first-order valence-electron chi connectivity index (χ1n) is 5.44. The highest BCUT2D eigenvalue weighted by Crippen LogP contribution is 2.27. The monoisotopic (exact) mass is 169 g/mol. The van der Waals surface area contributed by atoms with Crippen LogP contribution in [0.4, 0.5) is 0 Å². The van der Waals surface area contributed by atoms with Crippen molar-refractivity contribution in [2.24, 2.45) is 17.6 Å². The maximum absolute atomic E-state index is 5.93. The van der Waals surface area contributed by atoms with E-state index in [4.69, 9.17) is 5.73 Å². The highest BCUT2D eigenvalue weighted by molar-refractivity contribution is 4.75. The number of rotatable bonds is 3. The first kappa shape index (κ1) is 10.0. The average Bonchev–Trinajstić information content (AvgIpc) is 2.01. The lowest BCUT2D eigenvalue weighted by molar-refractivity contribution is 0.290. The Balaban J connectivity index is 2.14. The molecule has 0 aromatic carbocycles. The maximum atomic E-state index is 5.93. The third-order valence-electron chi connectivity index (χ3n) is 2.98. The van der Waals surface area contributed by atoms with E-state index in [0.717, 1.165) is 11.8 Å². The molecule has 1 heteroatoms. The van der Waals surface area contributed by atoms with E-state index in [1.54, 1.807) is 0 Å². The van der Waals surface area contributed by atoms with Crippen LogP contribution in [0.1, 0.15) is 52.4 Å². The van der Waals surface area contributed by atoms with Crippen molar-refractivity contribution in [1.82, 2.24) is 0 Å². The second-order valence-electron chi connectivity index (χ2n) is 4.76. The Labute approximate surface area is 76.7 Å². The van der Waals surface area contributed by atoms with E-state index in [2.05, 4.69) is 13.8 Å². The Bertz CT molecular complexity index is 120. The highest BCUT2D eigenvalue weighted by Gasteiger charge is 2.18. The predicted octanol–water partition coefficient (Wildman–Crippen LogP) is 2.94. The first-order valence-corrected chi connectivity index (χ1v) is 5.44. The fraction of sp³-hybridized carbons (Fsp3) is 1.00. The molecule has 0 radical (unpaired) electrons. The van der Waals surface area contributed by atoms with Crippen LogP contribution in [0.5, 0.6) is 0 Å². The summed E-state index contributed by atoms with van der Waals surface area (Å²) in [4.78, 5) is 0. The van der Waals surface area contributed by atoms with E-state index in [1.807, 2.05) is 0 Å². The second-order valence-corrected chi connectivity index (χ2v) is 4.76. The van der Waals surface area contributed by atoms with E-state index in [-0.39, 0.29) is 0 Å². The number of hydrogen-bond donors (Lipinski definition) is 1. The minimum atomic E-state index is 0.510. The van der Waals surface area contributed by atoms with Gasteiger partial charge in [0.25, 0.3) is 0 Å². The van der Waals surface area contributed by atoms with Crippen molar-refractivity contribution in [3.63, 3.8) is 0 Å². The summed E-state index contributed by atoms with van der Waals surface area (Å²) in [6.45, 7) is 4.62. The minimum absolute atomic E-state index is 0.510. The average molecular weight is 169 g/mol. The minimum Gasteiger partial charge on any atom is -0.328 e. The Morgan fingerprint density at radius 1 is 1.33 bits per heavy atom. The largest absolute Gasteiger partial charge is 0.328 e. The molecule has 0 saturated heterocycles. The zero-order valence-electron chi connectivity index (χ0n) is 8.55. The van der Waals surface area contributed by atoms with E-state index in [1.165, 1.54) is 38.5 Å². The molecule has 1 nitrogen and oxygen atoms in total. The van der Waals surface area contributed by atoms with Gasteiger partial charge in [0, 0.05) is 6.04 Å². The molecule has 0 bridgehead atoms. The summed E-state index contributed by atoms with van der Waals surface area (Å²) >= 11 is 0. The van der Waals surface area contributed by atoms with E-state index in [0.29, 0.717) is 6.04 Å². The molecule has 0 aromatic rings. The Morgan fingerprint density at radius 3 is 2.67 bits per heavy atom. The van der Waals surface area contributed by atoms with Gasteiger partial charge in [-0.2, -0.15) is 0 Å². The topological polar surface area (TPSA) is 26.0 Å².